The van der Waals surface area contributed by atoms with Crippen molar-refractivity contribution in [1.82, 2.24) is 9.88 Å². The van der Waals surface area contributed by atoms with E-state index in [0.29, 0.717) is 36.7 Å². The lowest BCUT2D eigenvalue weighted by molar-refractivity contribution is 0.00821. The Bertz CT molecular complexity index is 1460. The highest BCUT2D eigenvalue weighted by atomic mass is 35.5. The highest BCUT2D eigenvalue weighted by Crippen LogP contribution is 2.38. The Morgan fingerprint density at radius 3 is 2.33 bits per heavy atom. The standard InChI is InChI=1S/C30H32ClFN4O5S/c1-29(2,3)41-28(39)36-15-13-30(42-4,14-16-36)40-24-8-6-5-7-21(24)26(37)34-23-11-10-20(32)17-22(23)27(38)35-25-12-9-19(31)18-33-25/h5-12,17-18H,13-16H2,1-4H3,(H,34,37)(H,33,35,38). The number of hydrogen-bond donors (Lipinski definition) is 2. The molecule has 4 rings (SSSR count). The second kappa shape index (κ2) is 13.0. The van der Waals surface area contributed by atoms with E-state index >= 15 is 0 Å². The molecule has 1 fully saturated rings. The quantitative estimate of drug-likeness (QED) is 0.280. The van der Waals surface area contributed by atoms with Gasteiger partial charge in [0.05, 0.1) is 21.8 Å². The largest absolute Gasteiger partial charge is 0.476 e. The normalized spacial score (nSPS) is 14.6. The maximum atomic E-state index is 14.1. The Kier molecular flexibility index (Phi) is 9.63. The summed E-state index contributed by atoms with van der Waals surface area (Å²) in [5.74, 6) is -1.30. The number of para-hydroxylation sites is 1. The third kappa shape index (κ3) is 7.92. The fourth-order valence-electron chi connectivity index (χ4n) is 4.28. The van der Waals surface area contributed by atoms with Gasteiger partial charge < -0.3 is 25.0 Å². The predicted molar refractivity (Wildman–Crippen MR) is 162 cm³/mol. The minimum Gasteiger partial charge on any atom is -0.476 e. The summed E-state index contributed by atoms with van der Waals surface area (Å²) in [7, 11) is 0. The molecule has 1 saturated heterocycles. The number of ether oxygens (including phenoxy) is 2. The van der Waals surface area contributed by atoms with E-state index in [1.54, 1.807) is 35.2 Å². The van der Waals surface area contributed by atoms with Gasteiger partial charge in [-0.25, -0.2) is 14.2 Å². The number of pyridine rings is 1. The van der Waals surface area contributed by atoms with Crippen molar-refractivity contribution in [1.29, 1.82) is 0 Å². The number of anilines is 2. The lowest BCUT2D eigenvalue weighted by atomic mass is 10.1. The van der Waals surface area contributed by atoms with E-state index in [4.69, 9.17) is 21.1 Å². The van der Waals surface area contributed by atoms with E-state index in [2.05, 4.69) is 15.6 Å². The van der Waals surface area contributed by atoms with Gasteiger partial charge in [0.1, 0.15) is 23.0 Å². The Labute approximate surface area is 253 Å². The summed E-state index contributed by atoms with van der Waals surface area (Å²) >= 11 is 7.36. The van der Waals surface area contributed by atoms with Crippen LogP contribution in [-0.2, 0) is 4.74 Å². The summed E-state index contributed by atoms with van der Waals surface area (Å²) in [5, 5.41) is 5.69. The van der Waals surface area contributed by atoms with Crippen molar-refractivity contribution < 1.29 is 28.2 Å². The summed E-state index contributed by atoms with van der Waals surface area (Å²) in [6.45, 7) is 6.33. The van der Waals surface area contributed by atoms with Crippen molar-refractivity contribution in [2.45, 2.75) is 44.1 Å². The van der Waals surface area contributed by atoms with Crippen molar-refractivity contribution in [2.75, 3.05) is 30.0 Å². The highest BCUT2D eigenvalue weighted by Gasteiger charge is 2.39. The molecule has 42 heavy (non-hydrogen) atoms. The van der Waals surface area contributed by atoms with E-state index in [-0.39, 0.29) is 28.7 Å². The van der Waals surface area contributed by atoms with Crippen LogP contribution in [0.15, 0.2) is 60.8 Å². The Balaban J connectivity index is 1.50. The van der Waals surface area contributed by atoms with Crippen LogP contribution in [0.4, 0.5) is 20.7 Å². The maximum Gasteiger partial charge on any atom is 0.410 e. The molecular weight excluding hydrogens is 583 g/mol. The molecule has 2 N–H and O–H groups in total. The third-order valence-corrected chi connectivity index (χ3v) is 7.88. The predicted octanol–water partition coefficient (Wildman–Crippen LogP) is 6.85. The van der Waals surface area contributed by atoms with Crippen LogP contribution >= 0.6 is 23.4 Å². The molecule has 9 nitrogen and oxygen atoms in total. The first-order chi connectivity index (χ1) is 19.9. The average molecular weight is 615 g/mol. The van der Waals surface area contributed by atoms with Gasteiger partial charge in [0.2, 0.25) is 0 Å². The molecule has 2 aromatic carbocycles. The minimum absolute atomic E-state index is 0.0893. The smallest absolute Gasteiger partial charge is 0.410 e. The molecule has 222 valence electrons. The van der Waals surface area contributed by atoms with Crippen LogP contribution < -0.4 is 15.4 Å². The van der Waals surface area contributed by atoms with Gasteiger partial charge in [-0.15, -0.1) is 11.8 Å². The lowest BCUT2D eigenvalue weighted by Gasteiger charge is -2.41. The molecule has 0 bridgehead atoms. The number of rotatable bonds is 7. The molecule has 1 aliphatic heterocycles. The second-order valence-corrected chi connectivity index (χ2v) is 12.2. The third-order valence-electron chi connectivity index (χ3n) is 6.42. The zero-order valence-electron chi connectivity index (χ0n) is 23.7. The molecule has 12 heteroatoms. The molecular formula is C30H32ClFN4O5S. The molecule has 0 unspecified atom stereocenters. The molecule has 1 aromatic heterocycles. The van der Waals surface area contributed by atoms with Crippen LogP contribution in [-0.4, -0.2) is 57.7 Å². The van der Waals surface area contributed by atoms with Crippen molar-refractivity contribution in [3.8, 4) is 5.75 Å². The van der Waals surface area contributed by atoms with Crippen LogP contribution in [0.1, 0.15) is 54.3 Å². The maximum absolute atomic E-state index is 14.1. The fraction of sp³-hybridized carbons (Fsp3) is 0.333. The van der Waals surface area contributed by atoms with E-state index < -0.39 is 28.2 Å². The second-order valence-electron chi connectivity index (χ2n) is 10.6. The number of amides is 3. The number of halogens is 2. The molecule has 0 saturated carbocycles. The molecule has 3 amide bonds. The summed E-state index contributed by atoms with van der Waals surface area (Å²) in [5.41, 5.74) is -0.344. The van der Waals surface area contributed by atoms with Crippen LogP contribution in [0.25, 0.3) is 0 Å². The van der Waals surface area contributed by atoms with Crippen molar-refractivity contribution in [3.05, 3.63) is 82.8 Å². The fourth-order valence-corrected chi connectivity index (χ4v) is 5.16. The SMILES string of the molecule is CSC1(Oc2ccccc2C(=O)Nc2ccc(F)cc2C(=O)Nc2ccc(Cl)cn2)CCN(C(=O)OC(C)(C)C)CC1. The van der Waals surface area contributed by atoms with Crippen molar-refractivity contribution in [2.24, 2.45) is 0 Å². The Hall–Kier alpha value is -3.83. The number of nitrogens with one attached hydrogen (secondary N) is 2. The van der Waals surface area contributed by atoms with Crippen LogP contribution in [0.2, 0.25) is 5.02 Å². The number of nitrogens with zero attached hydrogens (tertiary/aromatic N) is 2. The Morgan fingerprint density at radius 2 is 1.69 bits per heavy atom. The summed E-state index contributed by atoms with van der Waals surface area (Å²) in [6, 6.07) is 13.3. The van der Waals surface area contributed by atoms with Crippen molar-refractivity contribution in [3.63, 3.8) is 0 Å². The molecule has 1 aliphatic rings. The van der Waals surface area contributed by atoms with Gasteiger partial charge in [-0.2, -0.15) is 0 Å². The molecule has 0 atom stereocenters. The van der Waals surface area contributed by atoms with Gasteiger partial charge in [-0.3, -0.25) is 9.59 Å². The zero-order valence-corrected chi connectivity index (χ0v) is 25.3. The topological polar surface area (TPSA) is 110 Å². The monoisotopic (exact) mass is 614 g/mol. The van der Waals surface area contributed by atoms with Gasteiger partial charge in [0.25, 0.3) is 11.8 Å². The van der Waals surface area contributed by atoms with Gasteiger partial charge >= 0.3 is 6.09 Å². The first-order valence-corrected chi connectivity index (χ1v) is 14.8. The molecule has 2 heterocycles. The first kappa shape index (κ1) is 31.1. The van der Waals surface area contributed by atoms with Crippen LogP contribution in [0.3, 0.4) is 0 Å². The zero-order chi connectivity index (χ0) is 30.5. The van der Waals surface area contributed by atoms with Gasteiger partial charge in [0.15, 0.2) is 4.93 Å². The number of likely N-dealkylation sites (tertiary alicyclic amines) is 1. The van der Waals surface area contributed by atoms with E-state index in [0.717, 1.165) is 12.1 Å². The first-order valence-electron chi connectivity index (χ1n) is 13.2. The summed E-state index contributed by atoms with van der Waals surface area (Å²) in [6.07, 6.45) is 3.95. The number of carbonyl (C=O) groups excluding carboxylic acids is 3. The number of thioether (sulfide) groups is 1. The molecule has 3 aromatic rings. The van der Waals surface area contributed by atoms with E-state index in [1.165, 1.54) is 30.1 Å². The highest BCUT2D eigenvalue weighted by molar-refractivity contribution is 7.99. The molecule has 0 spiro atoms. The average Bonchev–Trinajstić information content (AvgIpc) is 2.95. The number of benzene rings is 2. The lowest BCUT2D eigenvalue weighted by Crippen LogP contribution is -2.49. The van der Waals surface area contributed by atoms with Crippen molar-refractivity contribution >= 4 is 52.8 Å². The number of piperidine rings is 1. The van der Waals surface area contributed by atoms with Crippen LogP contribution in [0, 0.1) is 5.82 Å². The van der Waals surface area contributed by atoms with Gasteiger partial charge in [-0.1, -0.05) is 23.7 Å². The number of aromatic nitrogens is 1. The summed E-state index contributed by atoms with van der Waals surface area (Å²) in [4.78, 5) is 44.0. The van der Waals surface area contributed by atoms with E-state index in [9.17, 15) is 18.8 Å². The van der Waals surface area contributed by atoms with E-state index in [1.807, 2.05) is 27.0 Å². The Morgan fingerprint density at radius 1 is 1.00 bits per heavy atom. The minimum atomic E-state index is -0.679. The molecule has 0 radical (unpaired) electrons. The van der Waals surface area contributed by atoms with Crippen LogP contribution in [0.5, 0.6) is 5.75 Å². The number of hydrogen-bond acceptors (Lipinski definition) is 7. The number of carbonyl (C=O) groups is 3. The molecule has 0 aliphatic carbocycles. The van der Waals surface area contributed by atoms with Gasteiger partial charge in [-0.05, 0) is 69.5 Å². The summed E-state index contributed by atoms with van der Waals surface area (Å²) < 4.78 is 26.1. The van der Waals surface area contributed by atoms with Gasteiger partial charge in [0, 0.05) is 32.1 Å².